The van der Waals surface area contributed by atoms with Crippen LogP contribution in [0.5, 0.6) is 17.2 Å². The Kier molecular flexibility index (Phi) is 14.9. The number of allylic oxidation sites excluding steroid dienone is 1. The molecule has 0 spiro atoms. The SMILES string of the molecule is C=CCO[C@@]12Oc3ccc(Oc4ccc5ccccc5c4)cc3[C@H]3[C@H](CCCCO)[C@@H](CCCCO)C=C(C(=NOC4CCCCO4)C[C@@H]1N(Cc1cccc4ccccc14)C(=O)OCC)[C@H]32. The predicted octanol–water partition coefficient (Wildman–Crippen LogP) is 11.6. The number of rotatable bonds is 19. The normalized spacial score (nSPS) is 24.8. The number of aliphatic hydroxyl groups is 2. The molecule has 2 N–H and O–H groups in total. The first-order valence-corrected chi connectivity index (χ1v) is 24.4. The van der Waals surface area contributed by atoms with Crippen LogP contribution in [0.15, 0.2) is 133 Å². The van der Waals surface area contributed by atoms with Crippen LogP contribution in [0.3, 0.4) is 0 Å². The third-order valence-electron chi connectivity index (χ3n) is 14.1. The van der Waals surface area contributed by atoms with Crippen molar-refractivity contribution in [1.82, 2.24) is 4.90 Å². The largest absolute Gasteiger partial charge is 0.459 e. The number of benzene rings is 5. The Bertz CT molecular complexity index is 2560. The molecule has 11 heteroatoms. The van der Waals surface area contributed by atoms with Crippen LogP contribution >= 0.6 is 0 Å². The highest BCUT2D eigenvalue weighted by molar-refractivity contribution is 6.03. The number of hydrogen-bond acceptors (Lipinski definition) is 10. The van der Waals surface area contributed by atoms with Gasteiger partial charge in [-0.25, -0.2) is 4.79 Å². The van der Waals surface area contributed by atoms with E-state index in [9.17, 15) is 15.0 Å². The standard InChI is InChI=1S/C56H64N2O9/c1-3-31-64-56-51(58(55(61)62-4-2)37-42-21-15-20-39-17-7-8-22-45(39)42)36-49(57-67-52-24-11-14-32-63-52)47-34-41(19-9-12-29-59)46(23-10-13-30-60)53(54(47)56)48-35-44(27-28-50(48)66-56)65-43-26-25-38-16-5-6-18-40(38)33-43/h3,5-8,15-18,20-22,25-28,33-35,41,46,51-54,59-60H,1,4,9-14,19,23-24,29-32,36-37H2,2H3/t41-,46+,51-,52?,53+,54+,56+/m0/s1. The second-order valence-electron chi connectivity index (χ2n) is 18.3. The number of fused-ring (bicyclic) bond motifs is 4. The third kappa shape index (κ3) is 9.84. The van der Waals surface area contributed by atoms with Crippen LogP contribution < -0.4 is 9.47 Å². The minimum Gasteiger partial charge on any atom is -0.459 e. The van der Waals surface area contributed by atoms with Crippen molar-refractivity contribution in [2.24, 2.45) is 22.9 Å². The lowest BCUT2D eigenvalue weighted by Gasteiger charge is -2.60. The Balaban J connectivity index is 1.25. The van der Waals surface area contributed by atoms with Gasteiger partial charge in [0.1, 0.15) is 23.3 Å². The molecule has 1 unspecified atom stereocenters. The molecule has 0 bridgehead atoms. The molecule has 67 heavy (non-hydrogen) atoms. The quantitative estimate of drug-likeness (QED) is 0.0473. The van der Waals surface area contributed by atoms with Crippen LogP contribution in [0.1, 0.15) is 88.2 Å². The number of unbranched alkanes of at least 4 members (excludes halogenated alkanes) is 2. The second-order valence-corrected chi connectivity index (χ2v) is 18.3. The van der Waals surface area contributed by atoms with Crippen molar-refractivity contribution in [3.05, 3.63) is 139 Å². The van der Waals surface area contributed by atoms with Crippen molar-refractivity contribution in [3.63, 3.8) is 0 Å². The van der Waals surface area contributed by atoms with Crippen molar-refractivity contribution in [3.8, 4) is 17.2 Å². The molecule has 5 aromatic rings. The van der Waals surface area contributed by atoms with Gasteiger partial charge in [-0.05, 0) is 120 Å². The van der Waals surface area contributed by atoms with E-state index < -0.39 is 30.1 Å². The summed E-state index contributed by atoms with van der Waals surface area (Å²) in [6, 6.07) is 34.0. The molecule has 11 nitrogen and oxygen atoms in total. The summed E-state index contributed by atoms with van der Waals surface area (Å²) in [6.07, 6.45) is 10.6. The summed E-state index contributed by atoms with van der Waals surface area (Å²) in [5, 5.41) is 29.4. The van der Waals surface area contributed by atoms with Gasteiger partial charge in [0.05, 0.1) is 38.0 Å². The fourth-order valence-electron chi connectivity index (χ4n) is 11.1. The van der Waals surface area contributed by atoms with Gasteiger partial charge in [0.15, 0.2) is 0 Å². The summed E-state index contributed by atoms with van der Waals surface area (Å²) in [7, 11) is 0. The fraction of sp³-hybridized carbons (Fsp3) is 0.429. The van der Waals surface area contributed by atoms with Crippen molar-refractivity contribution >= 4 is 33.3 Å². The van der Waals surface area contributed by atoms with Crippen molar-refractivity contribution in [2.75, 3.05) is 33.0 Å². The Morgan fingerprint density at radius 1 is 0.881 bits per heavy atom. The number of ether oxygens (including phenoxy) is 5. The minimum absolute atomic E-state index is 0.0426. The fourth-order valence-corrected chi connectivity index (χ4v) is 11.1. The number of oxime groups is 1. The minimum atomic E-state index is -1.46. The van der Waals surface area contributed by atoms with E-state index in [-0.39, 0.29) is 57.1 Å². The molecule has 0 aromatic heterocycles. The number of hydrogen-bond donors (Lipinski definition) is 2. The van der Waals surface area contributed by atoms with Crippen molar-refractivity contribution in [1.29, 1.82) is 0 Å². The first kappa shape index (κ1) is 46.4. The molecule has 2 fully saturated rings. The van der Waals surface area contributed by atoms with Crippen LogP contribution in [-0.4, -0.2) is 78.1 Å². The van der Waals surface area contributed by atoms with Gasteiger partial charge < -0.3 is 38.7 Å². The Morgan fingerprint density at radius 2 is 1.64 bits per heavy atom. The average molecular weight is 909 g/mol. The molecule has 5 aromatic carbocycles. The van der Waals surface area contributed by atoms with Crippen LogP contribution in [0.4, 0.5) is 4.79 Å². The molecular weight excluding hydrogens is 845 g/mol. The molecule has 2 aliphatic heterocycles. The summed E-state index contributed by atoms with van der Waals surface area (Å²) >= 11 is 0. The lowest BCUT2D eigenvalue weighted by molar-refractivity contribution is -0.256. The van der Waals surface area contributed by atoms with Crippen molar-refractivity contribution in [2.45, 2.75) is 102 Å². The summed E-state index contributed by atoms with van der Waals surface area (Å²) < 4.78 is 33.5. The molecule has 7 atom stereocenters. The van der Waals surface area contributed by atoms with E-state index in [2.05, 4.69) is 67.3 Å². The molecule has 2 heterocycles. The Hall–Kier alpha value is -5.72. The summed E-state index contributed by atoms with van der Waals surface area (Å²) in [6.45, 7) is 7.24. The van der Waals surface area contributed by atoms with Gasteiger partial charge in [-0.2, -0.15) is 0 Å². The molecule has 352 valence electrons. The first-order valence-electron chi connectivity index (χ1n) is 24.4. The molecule has 1 amide bonds. The second kappa shape index (κ2) is 21.5. The van der Waals surface area contributed by atoms with Crippen LogP contribution in [0.2, 0.25) is 0 Å². The maximum atomic E-state index is 14.8. The van der Waals surface area contributed by atoms with Crippen LogP contribution in [0.25, 0.3) is 21.5 Å². The number of carbonyl (C=O) groups is 1. The van der Waals surface area contributed by atoms with E-state index in [1.54, 1.807) is 11.0 Å². The molecule has 4 aliphatic rings. The lowest BCUT2D eigenvalue weighted by atomic mass is 9.55. The monoisotopic (exact) mass is 908 g/mol. The zero-order valence-electron chi connectivity index (χ0n) is 38.6. The summed E-state index contributed by atoms with van der Waals surface area (Å²) in [5.74, 6) is -0.0415. The third-order valence-corrected chi connectivity index (χ3v) is 14.1. The summed E-state index contributed by atoms with van der Waals surface area (Å²) in [4.78, 5) is 23.0. The maximum Gasteiger partial charge on any atom is 0.410 e. The molecular formula is C56H64N2O9. The zero-order chi connectivity index (χ0) is 46.2. The van der Waals surface area contributed by atoms with E-state index in [0.717, 1.165) is 88.9 Å². The topological polar surface area (TPSA) is 129 Å². The number of amides is 1. The highest BCUT2D eigenvalue weighted by atomic mass is 16.8. The molecule has 9 rings (SSSR count). The predicted molar refractivity (Wildman–Crippen MR) is 260 cm³/mol. The van der Waals surface area contributed by atoms with E-state index in [4.69, 9.17) is 33.7 Å². The van der Waals surface area contributed by atoms with E-state index in [1.807, 2.05) is 55.5 Å². The lowest BCUT2D eigenvalue weighted by Crippen LogP contribution is -2.70. The van der Waals surface area contributed by atoms with E-state index in [1.165, 1.54) is 0 Å². The number of nitrogens with zero attached hydrogens (tertiary/aromatic N) is 2. The molecule has 1 saturated heterocycles. The first-order chi connectivity index (χ1) is 32.9. The number of carbonyl (C=O) groups excluding carboxylic acids is 1. The Labute approximate surface area is 393 Å². The molecule has 0 radical (unpaired) electrons. The average Bonchev–Trinajstić information content (AvgIpc) is 3.36. The van der Waals surface area contributed by atoms with Crippen LogP contribution in [-0.2, 0) is 25.6 Å². The van der Waals surface area contributed by atoms with Crippen LogP contribution in [0, 0.1) is 17.8 Å². The van der Waals surface area contributed by atoms with Gasteiger partial charge in [-0.1, -0.05) is 103 Å². The maximum absolute atomic E-state index is 14.8. The molecule has 2 aliphatic carbocycles. The number of aliphatic hydroxyl groups excluding tert-OH is 2. The van der Waals surface area contributed by atoms with E-state index >= 15 is 0 Å². The highest BCUT2D eigenvalue weighted by Gasteiger charge is 2.66. The van der Waals surface area contributed by atoms with Gasteiger partial charge in [-0.3, -0.25) is 4.90 Å². The van der Waals surface area contributed by atoms with Gasteiger partial charge >= 0.3 is 6.09 Å². The molecule has 1 saturated carbocycles. The van der Waals surface area contributed by atoms with Gasteiger partial charge in [0.2, 0.25) is 12.1 Å². The zero-order valence-corrected chi connectivity index (χ0v) is 38.6. The summed E-state index contributed by atoms with van der Waals surface area (Å²) in [5.41, 5.74) is 3.58. The van der Waals surface area contributed by atoms with Crippen molar-refractivity contribution < 1.29 is 43.5 Å². The Morgan fingerprint density at radius 3 is 2.43 bits per heavy atom. The highest BCUT2D eigenvalue weighted by Crippen LogP contribution is 2.62. The van der Waals surface area contributed by atoms with Gasteiger partial charge in [0.25, 0.3) is 0 Å². The smallest absolute Gasteiger partial charge is 0.410 e. The van der Waals surface area contributed by atoms with Gasteiger partial charge in [-0.15, -0.1) is 6.58 Å². The van der Waals surface area contributed by atoms with Gasteiger partial charge in [0, 0.05) is 37.5 Å². The van der Waals surface area contributed by atoms with E-state index in [0.29, 0.717) is 36.7 Å².